The second-order valence-corrected chi connectivity index (χ2v) is 14.6. The van der Waals surface area contributed by atoms with Gasteiger partial charge in [0.1, 0.15) is 6.10 Å². The molecule has 0 amide bonds. The molecular weight excluding hydrogens is 428 g/mol. The predicted octanol–water partition coefficient (Wildman–Crippen LogP) is 4.93. The number of rotatable bonds is 1. The van der Waals surface area contributed by atoms with Crippen LogP contribution in [0.25, 0.3) is 0 Å². The minimum absolute atomic E-state index is 0.0350. The molecule has 0 unspecified atom stereocenters. The van der Waals surface area contributed by atoms with E-state index in [-0.39, 0.29) is 39.4 Å². The summed E-state index contributed by atoms with van der Waals surface area (Å²) in [7, 11) is 0. The Morgan fingerprint density at radius 1 is 0.912 bits per heavy atom. The average Bonchev–Trinajstić information content (AvgIpc) is 2.72. The van der Waals surface area contributed by atoms with Crippen LogP contribution in [0.4, 0.5) is 0 Å². The molecule has 5 heteroatoms. The van der Waals surface area contributed by atoms with Crippen molar-refractivity contribution in [3.8, 4) is 0 Å². The van der Waals surface area contributed by atoms with Crippen molar-refractivity contribution < 1.29 is 25.2 Å². The molecule has 5 aliphatic carbocycles. The van der Waals surface area contributed by atoms with Gasteiger partial charge in [-0.2, -0.15) is 0 Å². The Labute approximate surface area is 205 Å². The van der Waals surface area contributed by atoms with E-state index >= 15 is 0 Å². The Balaban J connectivity index is 1.61. The fourth-order valence-electron chi connectivity index (χ4n) is 10.4. The van der Waals surface area contributed by atoms with Crippen LogP contribution < -0.4 is 0 Å². The van der Waals surface area contributed by atoms with Gasteiger partial charge in [0.05, 0.1) is 17.1 Å². The summed E-state index contributed by atoms with van der Waals surface area (Å²) < 4.78 is 0. The first-order valence-electron chi connectivity index (χ1n) is 13.6. The Morgan fingerprint density at radius 3 is 2.21 bits per heavy atom. The van der Waals surface area contributed by atoms with Crippen molar-refractivity contribution in [3.05, 3.63) is 11.6 Å². The van der Waals surface area contributed by atoms with E-state index in [1.54, 1.807) is 6.92 Å². The van der Waals surface area contributed by atoms with Gasteiger partial charge < -0.3 is 20.4 Å². The summed E-state index contributed by atoms with van der Waals surface area (Å²) >= 11 is 0. The Hall–Kier alpha value is -0.910. The van der Waals surface area contributed by atoms with E-state index in [2.05, 4.69) is 40.7 Å². The molecule has 5 nitrogen and oxygen atoms in total. The summed E-state index contributed by atoms with van der Waals surface area (Å²) in [5, 5.41) is 43.3. The van der Waals surface area contributed by atoms with E-state index in [1.807, 2.05) is 0 Å². The summed E-state index contributed by atoms with van der Waals surface area (Å²) in [6.07, 6.45) is 7.78. The highest BCUT2D eigenvalue weighted by atomic mass is 16.4. The molecule has 34 heavy (non-hydrogen) atoms. The number of aliphatic hydroxyl groups excluding tert-OH is 2. The van der Waals surface area contributed by atoms with Crippen molar-refractivity contribution in [2.24, 2.45) is 44.8 Å². The second-order valence-electron chi connectivity index (χ2n) is 14.6. The van der Waals surface area contributed by atoms with Crippen LogP contribution in [-0.4, -0.2) is 44.2 Å². The largest absolute Gasteiger partial charge is 0.481 e. The summed E-state index contributed by atoms with van der Waals surface area (Å²) in [4.78, 5) is 12.7. The highest BCUT2D eigenvalue weighted by molar-refractivity contribution is 5.76. The molecule has 0 aromatic carbocycles. The molecule has 192 valence electrons. The van der Waals surface area contributed by atoms with Crippen LogP contribution in [0.1, 0.15) is 99.3 Å². The quantitative estimate of drug-likeness (QED) is 0.404. The summed E-state index contributed by atoms with van der Waals surface area (Å²) in [6, 6.07) is 0. The van der Waals surface area contributed by atoms with Crippen molar-refractivity contribution in [1.29, 1.82) is 0 Å². The normalized spacial score (nSPS) is 56.3. The van der Waals surface area contributed by atoms with Crippen LogP contribution in [0.5, 0.6) is 0 Å². The molecule has 0 aromatic heterocycles. The Bertz CT molecular complexity index is 921. The van der Waals surface area contributed by atoms with Crippen molar-refractivity contribution in [1.82, 2.24) is 0 Å². The van der Waals surface area contributed by atoms with E-state index in [0.717, 1.165) is 51.4 Å². The van der Waals surface area contributed by atoms with Crippen molar-refractivity contribution in [3.63, 3.8) is 0 Å². The number of allylic oxidation sites excluding steroid dienone is 2. The summed E-state index contributed by atoms with van der Waals surface area (Å²) in [5.74, 6) is -0.322. The standard InChI is InChI=1S/C29H46O5/c1-24(2)11-13-29(23(32)33)14-12-26(4)17(18(29)15-24)7-8-20-25(3)16-19(30)22(31)28(6,34)21(25)9-10-27(20,26)5/h7,18-22,30-31,34H,8-16H2,1-6H3,(H,32,33)/t18-,19+,20+,21+,22-,25+,26+,27+,28-,29-/m0/s1. The SMILES string of the molecule is CC1(C)CC[C@]2(C(=O)O)CC[C@]3(C)C(=CC[C@@H]4[C@@]5(C)C[C@@H](O)[C@H](O)[C@@](C)(O)[C@@H]5CC[C@]43C)[C@@H]2C1. The van der Waals surface area contributed by atoms with E-state index in [9.17, 15) is 25.2 Å². The van der Waals surface area contributed by atoms with Crippen LogP contribution >= 0.6 is 0 Å². The topological polar surface area (TPSA) is 98.0 Å². The number of fused-ring (bicyclic) bond motifs is 7. The van der Waals surface area contributed by atoms with Crippen LogP contribution in [0.3, 0.4) is 0 Å². The molecule has 0 heterocycles. The number of aliphatic hydroxyl groups is 3. The molecule has 0 spiro atoms. The van der Waals surface area contributed by atoms with Crippen molar-refractivity contribution in [2.45, 2.75) is 117 Å². The fraction of sp³-hybridized carbons (Fsp3) is 0.897. The van der Waals surface area contributed by atoms with Crippen LogP contribution in [0.15, 0.2) is 11.6 Å². The fourth-order valence-corrected chi connectivity index (χ4v) is 10.4. The minimum atomic E-state index is -1.31. The monoisotopic (exact) mass is 474 g/mol. The minimum Gasteiger partial charge on any atom is -0.481 e. The number of aliphatic carboxylic acids is 1. The number of hydrogen-bond donors (Lipinski definition) is 4. The lowest BCUT2D eigenvalue weighted by molar-refractivity contribution is -0.260. The molecule has 4 N–H and O–H groups in total. The van der Waals surface area contributed by atoms with Crippen molar-refractivity contribution >= 4 is 5.97 Å². The van der Waals surface area contributed by atoms with E-state index in [1.165, 1.54) is 5.57 Å². The molecule has 0 bridgehead atoms. The van der Waals surface area contributed by atoms with E-state index in [4.69, 9.17) is 0 Å². The van der Waals surface area contributed by atoms with Gasteiger partial charge >= 0.3 is 5.97 Å². The Morgan fingerprint density at radius 2 is 1.56 bits per heavy atom. The molecule has 0 aromatic rings. The first-order chi connectivity index (χ1) is 15.6. The average molecular weight is 475 g/mol. The first-order valence-corrected chi connectivity index (χ1v) is 13.6. The van der Waals surface area contributed by atoms with Crippen LogP contribution in [0.2, 0.25) is 0 Å². The zero-order valence-electron chi connectivity index (χ0n) is 22.0. The maximum absolute atomic E-state index is 12.7. The number of carboxylic acids is 1. The van der Waals surface area contributed by atoms with Gasteiger partial charge in [0, 0.05) is 0 Å². The molecule has 5 rings (SSSR count). The highest BCUT2D eigenvalue weighted by Crippen LogP contribution is 2.75. The van der Waals surface area contributed by atoms with Gasteiger partial charge in [-0.1, -0.05) is 46.3 Å². The lowest BCUT2D eigenvalue weighted by Gasteiger charge is -2.71. The smallest absolute Gasteiger partial charge is 0.310 e. The third-order valence-corrected chi connectivity index (χ3v) is 12.6. The number of carbonyl (C=O) groups is 1. The third-order valence-electron chi connectivity index (χ3n) is 12.6. The first kappa shape index (κ1) is 24.8. The number of hydrogen-bond acceptors (Lipinski definition) is 4. The summed E-state index contributed by atoms with van der Waals surface area (Å²) in [5.41, 5.74) is -0.824. The van der Waals surface area contributed by atoms with Gasteiger partial charge in [-0.3, -0.25) is 4.79 Å². The maximum atomic E-state index is 12.7. The zero-order chi connectivity index (χ0) is 25.1. The molecule has 4 saturated carbocycles. The van der Waals surface area contributed by atoms with Gasteiger partial charge in [-0.15, -0.1) is 0 Å². The Kier molecular flexibility index (Phi) is 5.17. The third kappa shape index (κ3) is 2.87. The zero-order valence-corrected chi connectivity index (χ0v) is 22.0. The molecule has 5 aliphatic rings. The highest BCUT2D eigenvalue weighted by Gasteiger charge is 2.70. The number of carboxylic acid groups (broad SMARTS) is 1. The molecule has 10 atom stereocenters. The van der Waals surface area contributed by atoms with Gasteiger partial charge in [-0.25, -0.2) is 0 Å². The molecule has 0 saturated heterocycles. The van der Waals surface area contributed by atoms with Crippen molar-refractivity contribution in [2.75, 3.05) is 0 Å². The van der Waals surface area contributed by atoms with Crippen LogP contribution in [0, 0.1) is 44.8 Å². The van der Waals surface area contributed by atoms with Gasteiger partial charge in [0.15, 0.2) is 0 Å². The summed E-state index contributed by atoms with van der Waals surface area (Å²) in [6.45, 7) is 13.3. The lowest BCUT2D eigenvalue weighted by Crippen LogP contribution is -2.69. The van der Waals surface area contributed by atoms with E-state index in [0.29, 0.717) is 6.42 Å². The second kappa shape index (κ2) is 7.10. The maximum Gasteiger partial charge on any atom is 0.310 e. The molecule has 0 aliphatic heterocycles. The van der Waals surface area contributed by atoms with Gasteiger partial charge in [0.2, 0.25) is 0 Å². The molecule has 0 radical (unpaired) electrons. The predicted molar refractivity (Wildman–Crippen MR) is 131 cm³/mol. The van der Waals surface area contributed by atoms with Gasteiger partial charge in [0.25, 0.3) is 0 Å². The van der Waals surface area contributed by atoms with Crippen LogP contribution in [-0.2, 0) is 4.79 Å². The van der Waals surface area contributed by atoms with E-state index < -0.39 is 29.2 Å². The van der Waals surface area contributed by atoms with Gasteiger partial charge in [-0.05, 0) is 104 Å². The lowest BCUT2D eigenvalue weighted by atomic mass is 9.34. The molecular formula is C29H46O5. The molecule has 4 fully saturated rings.